The highest BCUT2D eigenvalue weighted by molar-refractivity contribution is 5.86. The largest absolute Gasteiger partial charge is 0.465 e. The van der Waals surface area contributed by atoms with E-state index in [9.17, 15) is 9.59 Å². The Morgan fingerprint density at radius 2 is 2.50 bits per heavy atom. The SMILES string of the molecule is COCCC1C(=O)NCCN1C(=O)O. The van der Waals surface area contributed by atoms with Crippen LogP contribution in [0.4, 0.5) is 4.79 Å². The second-order valence-corrected chi connectivity index (χ2v) is 3.06. The third-order valence-corrected chi connectivity index (χ3v) is 2.17. The zero-order valence-corrected chi connectivity index (χ0v) is 8.02. The molecule has 14 heavy (non-hydrogen) atoms. The van der Waals surface area contributed by atoms with Crippen LogP contribution in [0, 0.1) is 0 Å². The summed E-state index contributed by atoms with van der Waals surface area (Å²) >= 11 is 0. The molecule has 80 valence electrons. The van der Waals surface area contributed by atoms with E-state index in [1.54, 1.807) is 0 Å². The minimum Gasteiger partial charge on any atom is -0.465 e. The molecule has 0 saturated carbocycles. The number of hydrogen-bond acceptors (Lipinski definition) is 3. The maximum Gasteiger partial charge on any atom is 0.408 e. The summed E-state index contributed by atoms with van der Waals surface area (Å²) in [6.07, 6.45) is -0.657. The minimum absolute atomic E-state index is 0.240. The van der Waals surface area contributed by atoms with Gasteiger partial charge in [-0.15, -0.1) is 0 Å². The van der Waals surface area contributed by atoms with Gasteiger partial charge in [0, 0.05) is 33.2 Å². The number of ether oxygens (including phenoxy) is 1. The van der Waals surface area contributed by atoms with Crippen molar-refractivity contribution in [2.45, 2.75) is 12.5 Å². The lowest BCUT2D eigenvalue weighted by molar-refractivity contribution is -0.128. The van der Waals surface area contributed by atoms with Crippen LogP contribution >= 0.6 is 0 Å². The number of carbonyl (C=O) groups is 2. The van der Waals surface area contributed by atoms with Crippen LogP contribution in [-0.4, -0.2) is 54.9 Å². The Morgan fingerprint density at radius 3 is 3.07 bits per heavy atom. The summed E-state index contributed by atoms with van der Waals surface area (Å²) in [4.78, 5) is 23.3. The van der Waals surface area contributed by atoms with Crippen molar-refractivity contribution in [3.8, 4) is 0 Å². The van der Waals surface area contributed by atoms with Gasteiger partial charge in [-0.05, 0) is 0 Å². The molecule has 0 aromatic heterocycles. The molecule has 1 atom stereocenters. The van der Waals surface area contributed by atoms with E-state index in [1.807, 2.05) is 0 Å². The van der Waals surface area contributed by atoms with E-state index in [0.717, 1.165) is 4.90 Å². The van der Waals surface area contributed by atoms with Crippen molar-refractivity contribution in [2.75, 3.05) is 26.8 Å². The van der Waals surface area contributed by atoms with Crippen LogP contribution < -0.4 is 5.32 Å². The second-order valence-electron chi connectivity index (χ2n) is 3.06. The van der Waals surface area contributed by atoms with Crippen LogP contribution in [0.3, 0.4) is 0 Å². The van der Waals surface area contributed by atoms with Gasteiger partial charge in [-0.1, -0.05) is 0 Å². The normalized spacial score (nSPS) is 21.9. The van der Waals surface area contributed by atoms with Gasteiger partial charge in [-0.25, -0.2) is 4.79 Å². The van der Waals surface area contributed by atoms with Crippen LogP contribution in [0.15, 0.2) is 0 Å². The Morgan fingerprint density at radius 1 is 1.79 bits per heavy atom. The van der Waals surface area contributed by atoms with E-state index in [4.69, 9.17) is 9.84 Å². The molecule has 0 aliphatic carbocycles. The van der Waals surface area contributed by atoms with Gasteiger partial charge < -0.3 is 15.2 Å². The average Bonchev–Trinajstić information content (AvgIpc) is 2.15. The summed E-state index contributed by atoms with van der Waals surface area (Å²) in [5.74, 6) is -0.240. The molecule has 2 N–H and O–H groups in total. The Kier molecular flexibility index (Phi) is 3.70. The van der Waals surface area contributed by atoms with Crippen molar-refractivity contribution in [1.29, 1.82) is 0 Å². The molecule has 1 fully saturated rings. The standard InChI is InChI=1S/C8H14N2O4/c1-14-5-2-6-7(11)9-3-4-10(6)8(12)13/h6H,2-5H2,1H3,(H,9,11)(H,12,13). The minimum atomic E-state index is -1.05. The molecule has 1 aliphatic rings. The zero-order valence-electron chi connectivity index (χ0n) is 8.02. The number of nitrogens with zero attached hydrogens (tertiary/aromatic N) is 1. The highest BCUT2D eigenvalue weighted by Gasteiger charge is 2.32. The first-order valence-electron chi connectivity index (χ1n) is 4.43. The van der Waals surface area contributed by atoms with Crippen molar-refractivity contribution in [3.63, 3.8) is 0 Å². The molecule has 1 rings (SSSR count). The molecule has 2 amide bonds. The number of hydrogen-bond donors (Lipinski definition) is 2. The second kappa shape index (κ2) is 4.80. The summed E-state index contributed by atoms with van der Waals surface area (Å²) in [6, 6.07) is -0.610. The number of methoxy groups -OCH3 is 1. The predicted molar refractivity (Wildman–Crippen MR) is 48.0 cm³/mol. The highest BCUT2D eigenvalue weighted by Crippen LogP contribution is 2.08. The van der Waals surface area contributed by atoms with E-state index < -0.39 is 12.1 Å². The van der Waals surface area contributed by atoms with Crippen LogP contribution in [0.25, 0.3) is 0 Å². The van der Waals surface area contributed by atoms with Gasteiger partial charge in [0.15, 0.2) is 0 Å². The quantitative estimate of drug-likeness (QED) is 0.646. The van der Waals surface area contributed by atoms with Gasteiger partial charge in [0.2, 0.25) is 5.91 Å². The van der Waals surface area contributed by atoms with Crippen molar-refractivity contribution in [2.24, 2.45) is 0 Å². The van der Waals surface area contributed by atoms with E-state index in [0.29, 0.717) is 26.1 Å². The average molecular weight is 202 g/mol. The molecule has 1 unspecified atom stereocenters. The van der Waals surface area contributed by atoms with E-state index in [2.05, 4.69) is 5.32 Å². The topological polar surface area (TPSA) is 78.9 Å². The monoisotopic (exact) mass is 202 g/mol. The predicted octanol–water partition coefficient (Wildman–Crippen LogP) is -0.499. The lowest BCUT2D eigenvalue weighted by Gasteiger charge is -2.32. The lowest BCUT2D eigenvalue weighted by Crippen LogP contribution is -2.57. The van der Waals surface area contributed by atoms with E-state index in [-0.39, 0.29) is 5.91 Å². The molecule has 0 bridgehead atoms. The Bertz CT molecular complexity index is 231. The van der Waals surface area contributed by atoms with Crippen LogP contribution in [0.1, 0.15) is 6.42 Å². The third kappa shape index (κ3) is 2.35. The van der Waals surface area contributed by atoms with Gasteiger partial charge in [0.05, 0.1) is 0 Å². The van der Waals surface area contributed by atoms with Gasteiger partial charge >= 0.3 is 6.09 Å². The molecular formula is C8H14N2O4. The molecule has 1 aliphatic heterocycles. The Hall–Kier alpha value is -1.30. The van der Waals surface area contributed by atoms with Crippen molar-refractivity contribution in [1.82, 2.24) is 10.2 Å². The molecular weight excluding hydrogens is 188 g/mol. The molecule has 6 heteroatoms. The van der Waals surface area contributed by atoms with Gasteiger partial charge in [-0.2, -0.15) is 0 Å². The Labute approximate surface area is 81.8 Å². The molecule has 1 saturated heterocycles. The fourth-order valence-corrected chi connectivity index (χ4v) is 1.46. The van der Waals surface area contributed by atoms with Crippen LogP contribution in [0.5, 0.6) is 0 Å². The first-order chi connectivity index (χ1) is 6.66. The molecule has 0 radical (unpaired) electrons. The summed E-state index contributed by atoms with van der Waals surface area (Å²) < 4.78 is 4.82. The molecule has 0 aromatic rings. The maximum absolute atomic E-state index is 11.3. The van der Waals surface area contributed by atoms with Gasteiger partial charge in [0.25, 0.3) is 0 Å². The first kappa shape index (κ1) is 10.8. The number of carbonyl (C=O) groups excluding carboxylic acids is 1. The van der Waals surface area contributed by atoms with Crippen molar-refractivity contribution in [3.05, 3.63) is 0 Å². The molecule has 6 nitrogen and oxygen atoms in total. The summed E-state index contributed by atoms with van der Waals surface area (Å²) in [6.45, 7) is 1.10. The molecule has 0 spiro atoms. The fourth-order valence-electron chi connectivity index (χ4n) is 1.46. The first-order valence-corrected chi connectivity index (χ1v) is 4.43. The zero-order chi connectivity index (χ0) is 10.6. The van der Waals surface area contributed by atoms with Gasteiger partial charge in [0.1, 0.15) is 6.04 Å². The lowest BCUT2D eigenvalue weighted by atomic mass is 10.1. The number of amides is 2. The number of carboxylic acid groups (broad SMARTS) is 1. The fraction of sp³-hybridized carbons (Fsp3) is 0.750. The Balaban J connectivity index is 2.61. The molecule has 0 aromatic carbocycles. The summed E-state index contributed by atoms with van der Waals surface area (Å²) in [5, 5.41) is 11.5. The number of rotatable bonds is 3. The summed E-state index contributed by atoms with van der Waals surface area (Å²) in [5.41, 5.74) is 0. The maximum atomic E-state index is 11.3. The number of nitrogens with one attached hydrogen (secondary N) is 1. The number of piperazine rings is 1. The summed E-state index contributed by atoms with van der Waals surface area (Å²) in [7, 11) is 1.52. The molecule has 1 heterocycles. The third-order valence-electron chi connectivity index (χ3n) is 2.17. The van der Waals surface area contributed by atoms with E-state index >= 15 is 0 Å². The van der Waals surface area contributed by atoms with E-state index in [1.165, 1.54) is 7.11 Å². The van der Waals surface area contributed by atoms with Crippen LogP contribution in [-0.2, 0) is 9.53 Å². The smallest absolute Gasteiger partial charge is 0.408 e. The van der Waals surface area contributed by atoms with Crippen molar-refractivity contribution < 1.29 is 19.4 Å². The highest BCUT2D eigenvalue weighted by atomic mass is 16.5. The van der Waals surface area contributed by atoms with Crippen LogP contribution in [0.2, 0.25) is 0 Å². The van der Waals surface area contributed by atoms with Crippen molar-refractivity contribution >= 4 is 12.0 Å². The van der Waals surface area contributed by atoms with Gasteiger partial charge in [-0.3, -0.25) is 9.69 Å².